The van der Waals surface area contributed by atoms with Gasteiger partial charge in [-0.15, -0.1) is 0 Å². The van der Waals surface area contributed by atoms with Crippen molar-refractivity contribution in [3.05, 3.63) is 0 Å². The molecule has 0 aromatic rings. The molecule has 0 saturated carbocycles. The minimum atomic E-state index is 0.821. The maximum atomic E-state index is 10.2. The Balaban J connectivity index is 0.000000304. The summed E-state index contributed by atoms with van der Waals surface area (Å²) in [6, 6.07) is 0. The summed E-state index contributed by atoms with van der Waals surface area (Å²) in [5.74, 6) is 1.72. The molecule has 0 aliphatic carbocycles. The normalized spacial score (nSPS) is 16.6. The average Bonchev–Trinajstić information content (AvgIpc) is 2.31. The molecule has 17 heavy (non-hydrogen) atoms. The Morgan fingerprint density at radius 1 is 1.24 bits per heavy atom. The van der Waals surface area contributed by atoms with Gasteiger partial charge in [-0.05, 0) is 24.7 Å². The van der Waals surface area contributed by atoms with Crippen LogP contribution < -0.4 is 0 Å². The number of likely N-dealkylation sites (tertiary alicyclic amines) is 1. The number of nitrogens with zero attached hydrogens (tertiary/aromatic N) is 1. The van der Waals surface area contributed by atoms with Crippen molar-refractivity contribution in [3.8, 4) is 0 Å². The maximum Gasteiger partial charge on any atom is 0.209 e. The summed E-state index contributed by atoms with van der Waals surface area (Å²) in [7, 11) is 0. The molecule has 1 rings (SSSR count). The van der Waals surface area contributed by atoms with Gasteiger partial charge in [0.15, 0.2) is 0 Å². The second-order valence-electron chi connectivity index (χ2n) is 5.71. The SMILES string of the molecule is CC1CCN(C=O)CC1.CCCCCC(C)C. The molecule has 0 atom stereocenters. The molecular formula is C15H31NO. The Bertz CT molecular complexity index is 172. The van der Waals surface area contributed by atoms with Crippen LogP contribution in [0.3, 0.4) is 0 Å². The quantitative estimate of drug-likeness (QED) is 0.524. The van der Waals surface area contributed by atoms with E-state index in [4.69, 9.17) is 0 Å². The van der Waals surface area contributed by atoms with Crippen molar-refractivity contribution in [1.82, 2.24) is 4.90 Å². The fraction of sp³-hybridized carbons (Fsp3) is 0.933. The first-order valence-electron chi connectivity index (χ1n) is 7.29. The van der Waals surface area contributed by atoms with E-state index in [9.17, 15) is 4.79 Å². The third kappa shape index (κ3) is 10.3. The molecule has 0 unspecified atom stereocenters. The number of unbranched alkanes of at least 4 members (excludes halogenated alkanes) is 2. The van der Waals surface area contributed by atoms with Crippen molar-refractivity contribution >= 4 is 6.41 Å². The Labute approximate surface area is 108 Å². The summed E-state index contributed by atoms with van der Waals surface area (Å²) in [5.41, 5.74) is 0. The lowest BCUT2D eigenvalue weighted by Crippen LogP contribution is -2.31. The molecule has 0 spiro atoms. The zero-order valence-electron chi connectivity index (χ0n) is 12.2. The molecule has 1 aliphatic rings. The molecule has 1 aliphatic heterocycles. The van der Waals surface area contributed by atoms with Crippen LogP contribution in [0, 0.1) is 11.8 Å². The van der Waals surface area contributed by atoms with E-state index in [-0.39, 0.29) is 0 Å². The second kappa shape index (κ2) is 10.6. The van der Waals surface area contributed by atoms with Crippen LogP contribution >= 0.6 is 0 Å². The average molecular weight is 241 g/mol. The minimum absolute atomic E-state index is 0.821. The largest absolute Gasteiger partial charge is 0.345 e. The number of hydrogen-bond acceptors (Lipinski definition) is 1. The van der Waals surface area contributed by atoms with Gasteiger partial charge in [0, 0.05) is 13.1 Å². The Morgan fingerprint density at radius 2 is 1.82 bits per heavy atom. The number of carbonyl (C=O) groups is 1. The van der Waals surface area contributed by atoms with Crippen molar-refractivity contribution < 1.29 is 4.79 Å². The van der Waals surface area contributed by atoms with Gasteiger partial charge in [-0.1, -0.05) is 53.4 Å². The van der Waals surface area contributed by atoms with E-state index >= 15 is 0 Å². The molecule has 1 heterocycles. The van der Waals surface area contributed by atoms with Gasteiger partial charge in [-0.2, -0.15) is 0 Å². The van der Waals surface area contributed by atoms with Gasteiger partial charge in [-0.3, -0.25) is 4.79 Å². The van der Waals surface area contributed by atoms with Crippen molar-refractivity contribution in [1.29, 1.82) is 0 Å². The maximum absolute atomic E-state index is 10.2. The third-order valence-electron chi connectivity index (χ3n) is 3.35. The molecule has 102 valence electrons. The highest BCUT2D eigenvalue weighted by molar-refractivity contribution is 5.46. The van der Waals surface area contributed by atoms with E-state index in [0.717, 1.165) is 31.3 Å². The first-order valence-corrected chi connectivity index (χ1v) is 7.29. The summed E-state index contributed by atoms with van der Waals surface area (Å²) in [4.78, 5) is 12.0. The smallest absolute Gasteiger partial charge is 0.209 e. The van der Waals surface area contributed by atoms with Gasteiger partial charge in [0.05, 0.1) is 0 Å². The van der Waals surface area contributed by atoms with Crippen LogP contribution in [-0.2, 0) is 4.79 Å². The second-order valence-corrected chi connectivity index (χ2v) is 5.71. The minimum Gasteiger partial charge on any atom is -0.345 e. The summed E-state index contributed by atoms with van der Waals surface area (Å²) >= 11 is 0. The predicted octanol–water partition coefficient (Wildman–Crippen LogP) is 4.10. The molecule has 0 radical (unpaired) electrons. The first-order chi connectivity index (χ1) is 8.10. The fourth-order valence-electron chi connectivity index (χ4n) is 1.94. The molecule has 1 amide bonds. The summed E-state index contributed by atoms with van der Waals surface area (Å²) in [5, 5.41) is 0. The van der Waals surface area contributed by atoms with Crippen molar-refractivity contribution in [2.45, 2.75) is 66.2 Å². The summed E-state index contributed by atoms with van der Waals surface area (Å²) < 4.78 is 0. The van der Waals surface area contributed by atoms with E-state index in [1.165, 1.54) is 38.5 Å². The first kappa shape index (κ1) is 16.5. The van der Waals surface area contributed by atoms with Crippen LogP contribution in [0.15, 0.2) is 0 Å². The number of amides is 1. The highest BCUT2D eigenvalue weighted by Crippen LogP contribution is 2.13. The molecule has 0 bridgehead atoms. The fourth-order valence-corrected chi connectivity index (χ4v) is 1.94. The number of carbonyl (C=O) groups excluding carboxylic acids is 1. The van der Waals surface area contributed by atoms with Crippen LogP contribution in [0.25, 0.3) is 0 Å². The highest BCUT2D eigenvalue weighted by Gasteiger charge is 2.12. The van der Waals surface area contributed by atoms with Gasteiger partial charge in [0.25, 0.3) is 0 Å². The van der Waals surface area contributed by atoms with Crippen LogP contribution in [0.5, 0.6) is 0 Å². The third-order valence-corrected chi connectivity index (χ3v) is 3.35. The van der Waals surface area contributed by atoms with Gasteiger partial charge >= 0.3 is 0 Å². The standard InChI is InChI=1S/C8H18.C7H13NO/c1-4-5-6-7-8(2)3;1-7-2-4-8(6-9)5-3-7/h8H,4-7H2,1-3H3;6-7H,2-5H2,1H3. The van der Waals surface area contributed by atoms with Crippen LogP contribution in [0.2, 0.25) is 0 Å². The topological polar surface area (TPSA) is 20.3 Å². The highest BCUT2D eigenvalue weighted by atomic mass is 16.1. The Morgan fingerprint density at radius 3 is 2.24 bits per heavy atom. The van der Waals surface area contributed by atoms with E-state index < -0.39 is 0 Å². The Hall–Kier alpha value is -0.530. The zero-order chi connectivity index (χ0) is 13.1. The number of piperidine rings is 1. The molecule has 1 saturated heterocycles. The van der Waals surface area contributed by atoms with Gasteiger partial charge in [0.2, 0.25) is 6.41 Å². The van der Waals surface area contributed by atoms with Crippen molar-refractivity contribution in [2.24, 2.45) is 11.8 Å². The summed E-state index contributed by atoms with van der Waals surface area (Å²) in [6.07, 6.45) is 8.91. The van der Waals surface area contributed by atoms with Crippen LogP contribution in [0.4, 0.5) is 0 Å². The van der Waals surface area contributed by atoms with Gasteiger partial charge in [0.1, 0.15) is 0 Å². The van der Waals surface area contributed by atoms with Crippen molar-refractivity contribution in [2.75, 3.05) is 13.1 Å². The van der Waals surface area contributed by atoms with E-state index in [2.05, 4.69) is 27.7 Å². The number of rotatable bonds is 5. The van der Waals surface area contributed by atoms with Gasteiger partial charge < -0.3 is 4.90 Å². The zero-order valence-corrected chi connectivity index (χ0v) is 12.2. The predicted molar refractivity (Wildman–Crippen MR) is 75.0 cm³/mol. The van der Waals surface area contributed by atoms with E-state index in [1.54, 1.807) is 0 Å². The van der Waals surface area contributed by atoms with E-state index in [1.807, 2.05) is 4.90 Å². The Kier molecular flexibility index (Phi) is 10.3. The molecular weight excluding hydrogens is 210 g/mol. The number of hydrogen-bond donors (Lipinski definition) is 0. The molecule has 2 nitrogen and oxygen atoms in total. The van der Waals surface area contributed by atoms with Gasteiger partial charge in [-0.25, -0.2) is 0 Å². The van der Waals surface area contributed by atoms with Crippen LogP contribution in [0.1, 0.15) is 66.2 Å². The van der Waals surface area contributed by atoms with Crippen molar-refractivity contribution in [3.63, 3.8) is 0 Å². The molecule has 0 aromatic carbocycles. The monoisotopic (exact) mass is 241 g/mol. The molecule has 2 heteroatoms. The van der Waals surface area contributed by atoms with E-state index in [0.29, 0.717) is 0 Å². The summed E-state index contributed by atoms with van der Waals surface area (Å²) in [6.45, 7) is 11.0. The molecule has 0 aromatic heterocycles. The van der Waals surface area contributed by atoms with Crippen LogP contribution in [-0.4, -0.2) is 24.4 Å². The lowest BCUT2D eigenvalue weighted by atomic mass is 10.00. The lowest BCUT2D eigenvalue weighted by molar-refractivity contribution is -0.119. The molecule has 1 fully saturated rings. The lowest BCUT2D eigenvalue weighted by Gasteiger charge is -2.26. The molecule has 0 N–H and O–H groups in total.